The molecule has 0 spiro atoms. The number of aliphatic hydroxyl groups excluding tert-OH is 1. The molecule has 2 amide bonds. The number of hydrogen-bond acceptors (Lipinski definition) is 8. The zero-order valence-corrected chi connectivity index (χ0v) is 24.8. The van der Waals surface area contributed by atoms with E-state index in [1.165, 1.54) is 0 Å². The molecule has 1 unspecified atom stereocenters. The Balaban J connectivity index is 1.41. The molecule has 1 atom stereocenters. The van der Waals surface area contributed by atoms with Crippen molar-refractivity contribution in [2.24, 2.45) is 5.41 Å². The molecule has 0 saturated carbocycles. The van der Waals surface area contributed by atoms with Crippen LogP contribution in [-0.2, 0) is 4.74 Å². The monoisotopic (exact) mass is 586 g/mol. The highest BCUT2D eigenvalue weighted by Crippen LogP contribution is 2.38. The van der Waals surface area contributed by atoms with E-state index in [-0.39, 0.29) is 18.1 Å². The van der Waals surface area contributed by atoms with Crippen LogP contribution in [-0.4, -0.2) is 80.2 Å². The number of aromatic nitrogens is 1. The summed E-state index contributed by atoms with van der Waals surface area (Å²) in [5.74, 6) is 2.00. The fraction of sp³-hybridized carbons (Fsp3) is 0.467. The lowest BCUT2D eigenvalue weighted by Gasteiger charge is -2.28. The molecule has 0 radical (unpaired) electrons. The first kappa shape index (κ1) is 30.6. The van der Waals surface area contributed by atoms with Crippen LogP contribution in [0, 0.1) is 5.41 Å². The van der Waals surface area contributed by atoms with Crippen molar-refractivity contribution in [2.75, 3.05) is 58.4 Å². The van der Waals surface area contributed by atoms with Crippen LogP contribution in [0.1, 0.15) is 27.2 Å². The molecule has 4 rings (SSSR count). The van der Waals surface area contributed by atoms with Gasteiger partial charge in [-0.15, -0.1) is 0 Å². The number of pyridine rings is 1. The molecule has 1 fully saturated rings. The van der Waals surface area contributed by atoms with Gasteiger partial charge in [0.1, 0.15) is 24.2 Å². The van der Waals surface area contributed by atoms with E-state index >= 15 is 0 Å². The van der Waals surface area contributed by atoms with Gasteiger partial charge in [-0.2, -0.15) is 0 Å². The summed E-state index contributed by atoms with van der Waals surface area (Å²) in [5, 5.41) is 17.2. The Kier molecular flexibility index (Phi) is 10.5. The van der Waals surface area contributed by atoms with Crippen LogP contribution >= 0.6 is 11.6 Å². The third-order valence-corrected chi connectivity index (χ3v) is 6.88. The average molecular weight is 587 g/mol. The number of nitrogens with zero attached hydrogens (tertiary/aromatic N) is 2. The number of hydrogen-bond donors (Lipinski definition) is 3. The summed E-state index contributed by atoms with van der Waals surface area (Å²) in [6.45, 7) is 10.5. The second-order valence-corrected chi connectivity index (χ2v) is 11.5. The highest BCUT2D eigenvalue weighted by molar-refractivity contribution is 6.33. The maximum absolute atomic E-state index is 12.3. The minimum absolute atomic E-state index is 0.114. The lowest BCUT2D eigenvalue weighted by molar-refractivity contribution is 0.00446. The Morgan fingerprint density at radius 1 is 1.15 bits per heavy atom. The van der Waals surface area contributed by atoms with Crippen LogP contribution in [0.3, 0.4) is 0 Å². The molecule has 41 heavy (non-hydrogen) atoms. The maximum Gasteiger partial charge on any atom is 0.319 e. The lowest BCUT2D eigenvalue weighted by atomic mass is 9.92. The third-order valence-electron chi connectivity index (χ3n) is 6.57. The number of nitrogens with one attached hydrogen (secondary N) is 2. The Morgan fingerprint density at radius 2 is 1.93 bits per heavy atom. The van der Waals surface area contributed by atoms with Gasteiger partial charge in [0, 0.05) is 49.9 Å². The number of rotatable bonds is 11. The smallest absolute Gasteiger partial charge is 0.319 e. The molecule has 2 heterocycles. The van der Waals surface area contributed by atoms with Gasteiger partial charge in [0.2, 0.25) is 0 Å². The fourth-order valence-corrected chi connectivity index (χ4v) is 4.53. The van der Waals surface area contributed by atoms with Crippen LogP contribution < -0.4 is 24.8 Å². The van der Waals surface area contributed by atoms with Gasteiger partial charge in [-0.1, -0.05) is 32.4 Å². The first-order valence-corrected chi connectivity index (χ1v) is 14.1. The van der Waals surface area contributed by atoms with Gasteiger partial charge < -0.3 is 34.7 Å². The highest BCUT2D eigenvalue weighted by Gasteiger charge is 2.18. The zero-order chi connectivity index (χ0) is 29.4. The standard InChI is InChI=1S/C30H39ClN4O6/c1-30(2,3)8-10-33-29(37)34-24-6-5-21(15-23(24)31)41-26-7-9-32-25-17-28(27(38-4)16-22(25)26)40-19-20(36)18-35-11-13-39-14-12-35/h5-7,9,15-17,20,36H,8,10-14,18-19H2,1-4H3,(H2,33,34,37). The number of β-amino-alcohol motifs (C(OH)–C–C–N with tert-alkyl or cyclic N) is 1. The number of methoxy groups -OCH3 is 1. The maximum atomic E-state index is 12.3. The molecule has 10 nitrogen and oxygen atoms in total. The first-order chi connectivity index (χ1) is 19.6. The third kappa shape index (κ3) is 9.09. The van der Waals surface area contributed by atoms with Crippen molar-refractivity contribution in [3.8, 4) is 23.0 Å². The number of morpholine rings is 1. The number of carbonyl (C=O) groups is 1. The molecule has 3 aromatic rings. The number of carbonyl (C=O) groups excluding carboxylic acids is 1. The number of fused-ring (bicyclic) bond motifs is 1. The molecule has 0 bridgehead atoms. The Hall–Kier alpha value is -3.31. The van der Waals surface area contributed by atoms with Crippen LogP contribution in [0.5, 0.6) is 23.0 Å². The Bertz CT molecular complexity index is 1330. The minimum atomic E-state index is -0.659. The van der Waals surface area contributed by atoms with E-state index in [0.717, 1.165) is 19.5 Å². The van der Waals surface area contributed by atoms with E-state index in [9.17, 15) is 9.90 Å². The minimum Gasteiger partial charge on any atom is -0.493 e. The molecule has 1 saturated heterocycles. The molecule has 1 aliphatic heterocycles. The van der Waals surface area contributed by atoms with Crippen molar-refractivity contribution in [1.29, 1.82) is 0 Å². The number of aliphatic hydroxyl groups is 1. The van der Waals surface area contributed by atoms with Gasteiger partial charge in [-0.05, 0) is 36.1 Å². The summed E-state index contributed by atoms with van der Waals surface area (Å²) in [6, 6.07) is 10.1. The molecule has 0 aliphatic carbocycles. The van der Waals surface area contributed by atoms with E-state index < -0.39 is 6.10 Å². The average Bonchev–Trinajstić information content (AvgIpc) is 2.93. The van der Waals surface area contributed by atoms with Gasteiger partial charge in [0.25, 0.3) is 0 Å². The SMILES string of the molecule is COc1cc2c(Oc3ccc(NC(=O)NCCC(C)(C)C)c(Cl)c3)ccnc2cc1OCC(O)CN1CCOCC1. The van der Waals surface area contributed by atoms with Crippen LogP contribution in [0.15, 0.2) is 42.6 Å². The van der Waals surface area contributed by atoms with Crippen molar-refractivity contribution >= 4 is 34.2 Å². The van der Waals surface area contributed by atoms with E-state index in [1.54, 1.807) is 49.7 Å². The topological polar surface area (TPSA) is 114 Å². The molecular formula is C30H39ClN4O6. The molecular weight excluding hydrogens is 548 g/mol. The van der Waals surface area contributed by atoms with Crippen LogP contribution in [0.2, 0.25) is 5.02 Å². The van der Waals surface area contributed by atoms with Crippen molar-refractivity contribution in [3.05, 3.63) is 47.6 Å². The second-order valence-electron chi connectivity index (χ2n) is 11.1. The summed E-state index contributed by atoms with van der Waals surface area (Å²) >= 11 is 6.45. The number of ether oxygens (including phenoxy) is 4. The second kappa shape index (κ2) is 14.0. The summed E-state index contributed by atoms with van der Waals surface area (Å²) in [6.07, 6.45) is 1.84. The van der Waals surface area contributed by atoms with Gasteiger partial charge >= 0.3 is 6.03 Å². The van der Waals surface area contributed by atoms with Crippen molar-refractivity contribution in [2.45, 2.75) is 33.3 Å². The summed E-state index contributed by atoms with van der Waals surface area (Å²) < 4.78 is 23.0. The van der Waals surface area contributed by atoms with E-state index in [0.29, 0.717) is 70.9 Å². The van der Waals surface area contributed by atoms with E-state index in [4.69, 9.17) is 30.5 Å². The number of benzene rings is 2. The van der Waals surface area contributed by atoms with E-state index in [2.05, 4.69) is 41.3 Å². The number of anilines is 1. The predicted molar refractivity (Wildman–Crippen MR) is 160 cm³/mol. The predicted octanol–water partition coefficient (Wildman–Crippen LogP) is 5.32. The first-order valence-electron chi connectivity index (χ1n) is 13.7. The fourth-order valence-electron chi connectivity index (χ4n) is 4.32. The summed E-state index contributed by atoms with van der Waals surface area (Å²) in [4.78, 5) is 18.9. The summed E-state index contributed by atoms with van der Waals surface area (Å²) in [7, 11) is 1.56. The number of amides is 2. The van der Waals surface area contributed by atoms with Gasteiger partial charge in [-0.25, -0.2) is 4.79 Å². The molecule has 3 N–H and O–H groups in total. The van der Waals surface area contributed by atoms with Gasteiger partial charge in [-0.3, -0.25) is 9.88 Å². The normalized spacial score (nSPS) is 14.9. The quantitative estimate of drug-likeness (QED) is 0.277. The van der Waals surface area contributed by atoms with Gasteiger partial charge in [0.15, 0.2) is 11.5 Å². The van der Waals surface area contributed by atoms with Gasteiger partial charge in [0.05, 0.1) is 36.6 Å². The van der Waals surface area contributed by atoms with Crippen molar-refractivity contribution < 1.29 is 28.8 Å². The number of halogens is 1. The van der Waals surface area contributed by atoms with Crippen LogP contribution in [0.25, 0.3) is 10.9 Å². The molecule has 1 aromatic heterocycles. The van der Waals surface area contributed by atoms with E-state index in [1.807, 2.05) is 0 Å². The molecule has 1 aliphatic rings. The lowest BCUT2D eigenvalue weighted by Crippen LogP contribution is -2.42. The molecule has 11 heteroatoms. The zero-order valence-electron chi connectivity index (χ0n) is 24.0. The van der Waals surface area contributed by atoms with Crippen molar-refractivity contribution in [1.82, 2.24) is 15.2 Å². The Labute approximate surface area is 245 Å². The number of urea groups is 1. The molecule has 2 aromatic carbocycles. The highest BCUT2D eigenvalue weighted by atomic mass is 35.5. The van der Waals surface area contributed by atoms with Crippen LogP contribution in [0.4, 0.5) is 10.5 Å². The largest absolute Gasteiger partial charge is 0.493 e. The molecule has 222 valence electrons. The van der Waals surface area contributed by atoms with Crippen molar-refractivity contribution in [3.63, 3.8) is 0 Å². The summed E-state index contributed by atoms with van der Waals surface area (Å²) in [5.41, 5.74) is 1.24. The Morgan fingerprint density at radius 3 is 2.63 bits per heavy atom.